The quantitative estimate of drug-likeness (QED) is 0.862. The van der Waals surface area contributed by atoms with Gasteiger partial charge in [-0.25, -0.2) is 4.98 Å². The number of aryl methyl sites for hydroxylation is 2. The van der Waals surface area contributed by atoms with E-state index >= 15 is 0 Å². The molecule has 0 saturated heterocycles. The van der Waals surface area contributed by atoms with Crippen LogP contribution in [-0.4, -0.2) is 21.9 Å². The number of nitrogens with zero attached hydrogens (tertiary/aromatic N) is 2. The molecule has 0 atom stereocenters. The van der Waals surface area contributed by atoms with Crippen LogP contribution in [0, 0.1) is 13.8 Å². The Kier molecular flexibility index (Phi) is 4.86. The molecule has 0 amide bonds. The average Bonchev–Trinajstić information content (AvgIpc) is 2.68. The number of thiocarbonyl (C=S) groups is 1. The molecule has 106 valence electrons. The van der Waals surface area contributed by atoms with Gasteiger partial charge in [-0.2, -0.15) is 0 Å². The van der Waals surface area contributed by atoms with Crippen molar-refractivity contribution in [3.8, 4) is 0 Å². The van der Waals surface area contributed by atoms with E-state index in [2.05, 4.69) is 42.9 Å². The molecule has 1 aromatic carbocycles. The predicted molar refractivity (Wildman–Crippen MR) is 89.1 cm³/mol. The summed E-state index contributed by atoms with van der Waals surface area (Å²) in [5, 5.41) is 1.16. The first kappa shape index (κ1) is 15.1. The van der Waals surface area contributed by atoms with Crippen molar-refractivity contribution in [2.75, 3.05) is 7.05 Å². The topological polar surface area (TPSA) is 42.2 Å². The number of thiazole rings is 1. The van der Waals surface area contributed by atoms with Crippen LogP contribution in [0.3, 0.4) is 0 Å². The van der Waals surface area contributed by atoms with Crippen molar-refractivity contribution < 1.29 is 0 Å². The fourth-order valence-electron chi connectivity index (χ4n) is 2.03. The molecule has 0 fully saturated rings. The van der Waals surface area contributed by atoms with Crippen LogP contribution in [0.25, 0.3) is 0 Å². The van der Waals surface area contributed by atoms with Crippen LogP contribution in [0.4, 0.5) is 0 Å². The van der Waals surface area contributed by atoms with E-state index < -0.39 is 0 Å². The van der Waals surface area contributed by atoms with Crippen molar-refractivity contribution in [2.24, 2.45) is 5.73 Å². The van der Waals surface area contributed by atoms with Gasteiger partial charge in [-0.05, 0) is 32.5 Å². The maximum Gasteiger partial charge on any atom is 0.107 e. The molecular formula is C15H19N3S2. The summed E-state index contributed by atoms with van der Waals surface area (Å²) in [6, 6.07) is 8.09. The molecule has 5 heteroatoms. The Morgan fingerprint density at radius 2 is 2.10 bits per heavy atom. The van der Waals surface area contributed by atoms with Crippen molar-refractivity contribution in [1.29, 1.82) is 0 Å². The van der Waals surface area contributed by atoms with Gasteiger partial charge >= 0.3 is 0 Å². The molecule has 20 heavy (non-hydrogen) atoms. The summed E-state index contributed by atoms with van der Waals surface area (Å²) >= 11 is 6.78. The fourth-order valence-corrected chi connectivity index (χ4v) is 3.17. The van der Waals surface area contributed by atoms with E-state index in [1.807, 2.05) is 12.1 Å². The van der Waals surface area contributed by atoms with Gasteiger partial charge in [0.2, 0.25) is 0 Å². The van der Waals surface area contributed by atoms with E-state index in [1.165, 1.54) is 10.4 Å². The predicted octanol–water partition coefficient (Wildman–Crippen LogP) is 3.03. The van der Waals surface area contributed by atoms with Gasteiger partial charge in [0.1, 0.15) is 10.00 Å². The Bertz CT molecular complexity index is 600. The lowest BCUT2D eigenvalue weighted by Crippen LogP contribution is -2.18. The second-order valence-electron chi connectivity index (χ2n) is 4.99. The summed E-state index contributed by atoms with van der Waals surface area (Å²) < 4.78 is 0. The number of nitrogens with two attached hydrogens (primary N) is 1. The molecule has 0 radical (unpaired) electrons. The molecule has 2 rings (SSSR count). The third-order valence-corrected chi connectivity index (χ3v) is 4.44. The lowest BCUT2D eigenvalue weighted by Gasteiger charge is -2.15. The van der Waals surface area contributed by atoms with Crippen molar-refractivity contribution >= 4 is 28.5 Å². The van der Waals surface area contributed by atoms with Crippen LogP contribution in [-0.2, 0) is 13.1 Å². The molecule has 2 N–H and O–H groups in total. The van der Waals surface area contributed by atoms with E-state index in [1.54, 1.807) is 11.3 Å². The third kappa shape index (κ3) is 3.85. The average molecular weight is 305 g/mol. The molecule has 0 saturated carbocycles. The molecule has 0 aliphatic heterocycles. The number of aromatic nitrogens is 1. The third-order valence-electron chi connectivity index (χ3n) is 3.14. The Hall–Kier alpha value is -1.30. The zero-order chi connectivity index (χ0) is 14.7. The van der Waals surface area contributed by atoms with Crippen molar-refractivity contribution in [2.45, 2.75) is 26.9 Å². The molecule has 0 aliphatic carbocycles. The summed E-state index contributed by atoms with van der Waals surface area (Å²) in [5.41, 5.74) is 8.93. The van der Waals surface area contributed by atoms with Gasteiger partial charge in [-0.15, -0.1) is 11.3 Å². The Labute approximate surface area is 129 Å². The van der Waals surface area contributed by atoms with E-state index in [9.17, 15) is 0 Å². The summed E-state index contributed by atoms with van der Waals surface area (Å²) in [5.74, 6) is 0. The summed E-state index contributed by atoms with van der Waals surface area (Å²) in [7, 11) is 2.10. The SMILES string of the molecule is Cc1nc(CN(C)Cc2cccc(C(N)=S)c2)sc1C. The van der Waals surface area contributed by atoms with Gasteiger partial charge < -0.3 is 5.73 Å². The minimum absolute atomic E-state index is 0.445. The number of hydrogen-bond acceptors (Lipinski definition) is 4. The normalized spacial score (nSPS) is 11.0. The van der Waals surface area contributed by atoms with E-state index in [4.69, 9.17) is 18.0 Å². The highest BCUT2D eigenvalue weighted by Gasteiger charge is 2.08. The molecule has 2 aromatic rings. The first-order chi connectivity index (χ1) is 9.45. The van der Waals surface area contributed by atoms with Crippen LogP contribution < -0.4 is 5.73 Å². The van der Waals surface area contributed by atoms with Crippen molar-refractivity contribution in [3.63, 3.8) is 0 Å². The first-order valence-electron chi connectivity index (χ1n) is 6.46. The maximum absolute atomic E-state index is 5.67. The van der Waals surface area contributed by atoms with Crippen molar-refractivity contribution in [3.05, 3.63) is 51.0 Å². The fraction of sp³-hybridized carbons (Fsp3) is 0.333. The minimum atomic E-state index is 0.445. The Morgan fingerprint density at radius 3 is 2.70 bits per heavy atom. The lowest BCUT2D eigenvalue weighted by atomic mass is 10.1. The van der Waals surface area contributed by atoms with Gasteiger partial charge in [0, 0.05) is 17.0 Å². The van der Waals surface area contributed by atoms with E-state index in [0.29, 0.717) is 4.99 Å². The number of hydrogen-bond donors (Lipinski definition) is 1. The summed E-state index contributed by atoms with van der Waals surface area (Å²) in [4.78, 5) is 8.56. The zero-order valence-corrected chi connectivity index (χ0v) is 13.6. The van der Waals surface area contributed by atoms with Gasteiger partial charge in [0.05, 0.1) is 12.2 Å². The zero-order valence-electron chi connectivity index (χ0n) is 12.0. The van der Waals surface area contributed by atoms with E-state index in [0.717, 1.165) is 29.4 Å². The van der Waals surface area contributed by atoms with Gasteiger partial charge in [0.15, 0.2) is 0 Å². The first-order valence-corrected chi connectivity index (χ1v) is 7.68. The minimum Gasteiger partial charge on any atom is -0.389 e. The smallest absolute Gasteiger partial charge is 0.107 e. The highest BCUT2D eigenvalue weighted by Crippen LogP contribution is 2.18. The van der Waals surface area contributed by atoms with E-state index in [-0.39, 0.29) is 0 Å². The van der Waals surface area contributed by atoms with Crippen LogP contribution in [0.15, 0.2) is 24.3 Å². The Morgan fingerprint density at radius 1 is 1.35 bits per heavy atom. The molecule has 0 unspecified atom stereocenters. The molecule has 3 nitrogen and oxygen atoms in total. The summed E-state index contributed by atoms with van der Waals surface area (Å²) in [6.07, 6.45) is 0. The largest absolute Gasteiger partial charge is 0.389 e. The Balaban J connectivity index is 2.02. The van der Waals surface area contributed by atoms with Crippen LogP contribution in [0.1, 0.15) is 26.7 Å². The van der Waals surface area contributed by atoms with Crippen LogP contribution in [0.5, 0.6) is 0 Å². The molecule has 0 bridgehead atoms. The van der Waals surface area contributed by atoms with Crippen molar-refractivity contribution in [1.82, 2.24) is 9.88 Å². The monoisotopic (exact) mass is 305 g/mol. The molecule has 1 heterocycles. The highest BCUT2D eigenvalue weighted by atomic mass is 32.1. The van der Waals surface area contributed by atoms with Gasteiger partial charge in [0.25, 0.3) is 0 Å². The molecule has 0 aliphatic rings. The van der Waals surface area contributed by atoms with Gasteiger partial charge in [-0.3, -0.25) is 4.90 Å². The molecule has 1 aromatic heterocycles. The molecule has 0 spiro atoms. The molecular weight excluding hydrogens is 286 g/mol. The maximum atomic E-state index is 5.67. The second-order valence-corrected chi connectivity index (χ2v) is 6.71. The number of rotatable bonds is 5. The lowest BCUT2D eigenvalue weighted by molar-refractivity contribution is 0.318. The van der Waals surface area contributed by atoms with Gasteiger partial charge in [-0.1, -0.05) is 30.4 Å². The second kappa shape index (κ2) is 6.43. The van der Waals surface area contributed by atoms with Crippen LogP contribution in [0.2, 0.25) is 0 Å². The number of benzene rings is 1. The summed E-state index contributed by atoms with van der Waals surface area (Å²) in [6.45, 7) is 5.88. The highest BCUT2D eigenvalue weighted by molar-refractivity contribution is 7.80. The van der Waals surface area contributed by atoms with Crippen LogP contribution >= 0.6 is 23.6 Å². The standard InChI is InChI=1S/C15H19N3S2/c1-10-11(2)20-14(17-10)9-18(3)8-12-5-4-6-13(7-12)15(16)19/h4-7H,8-9H2,1-3H3,(H2,16,19).